The van der Waals surface area contributed by atoms with Crippen LogP contribution in [-0.2, 0) is 0 Å². The van der Waals surface area contributed by atoms with Gasteiger partial charge in [0.15, 0.2) is 0 Å². The molecule has 2 aromatic heterocycles. The van der Waals surface area contributed by atoms with Crippen LogP contribution in [0.2, 0.25) is 0 Å². The molecule has 4 aromatic carbocycles. The Bertz CT molecular complexity index is 1400. The van der Waals surface area contributed by atoms with Crippen LogP contribution in [0.15, 0.2) is 77.2 Å². The first-order valence-corrected chi connectivity index (χ1v) is 8.13. The number of H-pyrrole nitrogens is 1. The molecule has 0 bridgehead atoms. The second kappa shape index (κ2) is 4.18. The predicted molar refractivity (Wildman–Crippen MR) is 101 cm³/mol. The molecule has 0 amide bonds. The second-order valence-electron chi connectivity index (χ2n) is 6.30. The van der Waals surface area contributed by atoms with Crippen LogP contribution in [0.3, 0.4) is 0 Å². The molecule has 1 N–H and O–H groups in total. The van der Waals surface area contributed by atoms with Crippen LogP contribution in [0, 0.1) is 0 Å². The van der Waals surface area contributed by atoms with Crippen LogP contribution >= 0.6 is 0 Å². The van der Waals surface area contributed by atoms with Gasteiger partial charge in [0, 0.05) is 21.7 Å². The lowest BCUT2D eigenvalue weighted by atomic mass is 10.0. The van der Waals surface area contributed by atoms with E-state index >= 15 is 0 Å². The normalized spacial score (nSPS) is 12.2. The first-order valence-electron chi connectivity index (χ1n) is 8.13. The van der Waals surface area contributed by atoms with Gasteiger partial charge in [-0.25, -0.2) is 0 Å². The van der Waals surface area contributed by atoms with Crippen LogP contribution in [0.4, 0.5) is 0 Å². The average Bonchev–Trinajstić information content (AvgIpc) is 2.92. The maximum absolute atomic E-state index is 6.47. The second-order valence-corrected chi connectivity index (χ2v) is 6.30. The van der Waals surface area contributed by atoms with Gasteiger partial charge in [0.05, 0.1) is 10.9 Å². The van der Waals surface area contributed by atoms with Gasteiger partial charge < -0.3 is 9.40 Å². The molecule has 2 heteroatoms. The minimum Gasteiger partial charge on any atom is -0.455 e. The van der Waals surface area contributed by atoms with Crippen LogP contribution in [0.25, 0.3) is 54.5 Å². The summed E-state index contributed by atoms with van der Waals surface area (Å²) in [5, 5.41) is 7.13. The summed E-state index contributed by atoms with van der Waals surface area (Å²) in [7, 11) is 0. The average molecular weight is 307 g/mol. The van der Waals surface area contributed by atoms with Crippen LogP contribution in [0.5, 0.6) is 0 Å². The summed E-state index contributed by atoms with van der Waals surface area (Å²) in [6.07, 6.45) is 0. The molecule has 0 saturated heterocycles. The lowest BCUT2D eigenvalue weighted by molar-refractivity contribution is 0.667. The molecule has 0 spiro atoms. The Morgan fingerprint density at radius 3 is 2.38 bits per heavy atom. The Labute approximate surface area is 137 Å². The minimum absolute atomic E-state index is 0.916. The fourth-order valence-electron chi connectivity index (χ4n) is 3.95. The van der Waals surface area contributed by atoms with Crippen molar-refractivity contribution < 1.29 is 4.42 Å². The van der Waals surface area contributed by atoms with Crippen molar-refractivity contribution in [1.82, 2.24) is 4.98 Å². The Balaban J connectivity index is 2.12. The lowest BCUT2D eigenvalue weighted by Crippen LogP contribution is -1.76. The molecular weight excluding hydrogens is 294 g/mol. The summed E-state index contributed by atoms with van der Waals surface area (Å²) in [6.45, 7) is 0. The third-order valence-corrected chi connectivity index (χ3v) is 4.97. The van der Waals surface area contributed by atoms with Crippen molar-refractivity contribution in [2.75, 3.05) is 0 Å². The summed E-state index contributed by atoms with van der Waals surface area (Å²) in [5.41, 5.74) is 4.14. The molecule has 0 radical (unpaired) electrons. The maximum atomic E-state index is 6.47. The van der Waals surface area contributed by atoms with Gasteiger partial charge in [-0.2, -0.15) is 0 Å². The number of nitrogens with one attached hydrogen (secondary N) is 1. The van der Waals surface area contributed by atoms with E-state index in [1.54, 1.807) is 0 Å². The molecule has 0 unspecified atom stereocenters. The van der Waals surface area contributed by atoms with Gasteiger partial charge in [-0.3, -0.25) is 0 Å². The number of benzene rings is 4. The molecule has 0 saturated carbocycles. The number of hydrogen-bond acceptors (Lipinski definition) is 1. The van der Waals surface area contributed by atoms with Crippen molar-refractivity contribution in [1.29, 1.82) is 0 Å². The quantitative estimate of drug-likeness (QED) is 0.347. The van der Waals surface area contributed by atoms with E-state index in [-0.39, 0.29) is 0 Å². The van der Waals surface area contributed by atoms with Crippen LogP contribution in [0.1, 0.15) is 0 Å². The van der Waals surface area contributed by atoms with Crippen molar-refractivity contribution in [3.05, 3.63) is 72.8 Å². The van der Waals surface area contributed by atoms with Crippen LogP contribution < -0.4 is 0 Å². The monoisotopic (exact) mass is 307 g/mol. The summed E-state index contributed by atoms with van der Waals surface area (Å²) in [4.78, 5) is 3.57. The number of para-hydroxylation sites is 1. The Kier molecular flexibility index (Phi) is 2.12. The number of rotatable bonds is 0. The third-order valence-electron chi connectivity index (χ3n) is 4.97. The highest BCUT2D eigenvalue weighted by molar-refractivity contribution is 6.29. The van der Waals surface area contributed by atoms with E-state index in [0.29, 0.717) is 0 Å². The molecule has 6 rings (SSSR count). The largest absolute Gasteiger partial charge is 0.455 e. The molecule has 0 aliphatic heterocycles. The zero-order chi connectivity index (χ0) is 15.7. The third kappa shape index (κ3) is 1.41. The molecule has 0 aliphatic rings. The standard InChI is InChI=1S/C22H13NO/c1-2-7-14-13(6-1)12-18-21-20-16(9-5-10-17(20)23-18)15-8-3-4-11-19(15)24-22(14)21/h1-12,23H. The molecule has 0 fully saturated rings. The molecule has 2 nitrogen and oxygen atoms in total. The number of hydrogen-bond donors (Lipinski definition) is 1. The van der Waals surface area contributed by atoms with Crippen molar-refractivity contribution in [2.24, 2.45) is 0 Å². The molecular formula is C22H13NO. The smallest absolute Gasteiger partial charge is 0.145 e. The zero-order valence-corrected chi connectivity index (χ0v) is 12.8. The highest BCUT2D eigenvalue weighted by atomic mass is 16.3. The molecule has 0 aliphatic carbocycles. The highest BCUT2D eigenvalue weighted by Gasteiger charge is 2.15. The van der Waals surface area contributed by atoms with E-state index in [4.69, 9.17) is 4.42 Å². The van der Waals surface area contributed by atoms with Gasteiger partial charge in [-0.05, 0) is 29.0 Å². The van der Waals surface area contributed by atoms with Gasteiger partial charge >= 0.3 is 0 Å². The molecule has 0 atom stereocenters. The summed E-state index contributed by atoms with van der Waals surface area (Å²) in [6, 6.07) is 25.4. The van der Waals surface area contributed by atoms with E-state index in [9.17, 15) is 0 Å². The first-order chi connectivity index (χ1) is 11.9. The SMILES string of the molecule is c1ccc2c(c1)cc1[nH]c3cccc4c5ccccc5oc2c1c34. The van der Waals surface area contributed by atoms with E-state index in [1.807, 2.05) is 6.07 Å². The van der Waals surface area contributed by atoms with Gasteiger partial charge in [-0.15, -0.1) is 0 Å². The number of aromatic amines is 1. The molecule has 112 valence electrons. The van der Waals surface area contributed by atoms with Crippen molar-refractivity contribution >= 4 is 54.5 Å². The molecule has 2 heterocycles. The van der Waals surface area contributed by atoms with Gasteiger partial charge in [0.25, 0.3) is 0 Å². The Morgan fingerprint density at radius 1 is 0.625 bits per heavy atom. The molecule has 24 heavy (non-hydrogen) atoms. The fraction of sp³-hybridized carbons (Fsp3) is 0. The Morgan fingerprint density at radius 2 is 1.42 bits per heavy atom. The van der Waals surface area contributed by atoms with E-state index < -0.39 is 0 Å². The van der Waals surface area contributed by atoms with E-state index in [1.165, 1.54) is 21.5 Å². The van der Waals surface area contributed by atoms with Crippen molar-refractivity contribution in [2.45, 2.75) is 0 Å². The Hall–Kier alpha value is -3.26. The van der Waals surface area contributed by atoms with Crippen LogP contribution in [-0.4, -0.2) is 4.98 Å². The summed E-state index contributed by atoms with van der Waals surface area (Å²) >= 11 is 0. The van der Waals surface area contributed by atoms with E-state index in [2.05, 4.69) is 71.7 Å². The minimum atomic E-state index is 0.916. The number of aromatic nitrogens is 1. The predicted octanol–water partition coefficient (Wildman–Crippen LogP) is 6.37. The van der Waals surface area contributed by atoms with Gasteiger partial charge in [0.1, 0.15) is 11.2 Å². The summed E-state index contributed by atoms with van der Waals surface area (Å²) < 4.78 is 6.47. The number of fused-ring (bicyclic) bond motifs is 4. The maximum Gasteiger partial charge on any atom is 0.145 e. The lowest BCUT2D eigenvalue weighted by Gasteiger charge is -2.01. The van der Waals surface area contributed by atoms with Crippen molar-refractivity contribution in [3.63, 3.8) is 0 Å². The van der Waals surface area contributed by atoms with E-state index in [0.717, 1.165) is 33.0 Å². The van der Waals surface area contributed by atoms with Gasteiger partial charge in [0.2, 0.25) is 0 Å². The fourth-order valence-corrected chi connectivity index (χ4v) is 3.95. The molecule has 6 aromatic rings. The summed E-state index contributed by atoms with van der Waals surface area (Å²) in [5.74, 6) is 0. The highest BCUT2D eigenvalue weighted by Crippen LogP contribution is 2.40. The zero-order valence-electron chi connectivity index (χ0n) is 12.8. The van der Waals surface area contributed by atoms with Gasteiger partial charge in [-0.1, -0.05) is 54.6 Å². The van der Waals surface area contributed by atoms with Crippen molar-refractivity contribution in [3.8, 4) is 0 Å². The topological polar surface area (TPSA) is 28.9 Å². The first kappa shape index (κ1) is 12.2.